The van der Waals surface area contributed by atoms with Crippen LogP contribution in [0.3, 0.4) is 0 Å². The van der Waals surface area contributed by atoms with E-state index in [1.165, 1.54) is 9.05 Å². The van der Waals surface area contributed by atoms with Crippen LogP contribution < -0.4 is 18.9 Å². The molecule has 4 rings (SSSR count). The molecule has 0 saturated heterocycles. The van der Waals surface area contributed by atoms with Gasteiger partial charge in [-0.05, 0) is 0 Å². The third kappa shape index (κ3) is 6.60. The van der Waals surface area contributed by atoms with E-state index in [1.54, 1.807) is 7.11 Å². The molecular weight excluding hydrogens is 603 g/mol. The first-order chi connectivity index (χ1) is 15.7. The number of rotatable bonds is 6. The monoisotopic (exact) mass is 629 g/mol. The van der Waals surface area contributed by atoms with E-state index in [4.69, 9.17) is 9.47 Å². The van der Waals surface area contributed by atoms with Crippen LogP contribution >= 0.6 is 7.81 Å². The molecule has 14 heteroatoms. The normalized spacial score (nSPS) is 16.5. The summed E-state index contributed by atoms with van der Waals surface area (Å²) < 4.78 is 79.3. The van der Waals surface area contributed by atoms with Crippen molar-refractivity contribution in [3.8, 4) is 11.5 Å². The molecule has 0 unspecified atom stereocenters. The number of hydrogen-bond acceptors (Lipinski definition) is 4. The van der Waals surface area contributed by atoms with Gasteiger partial charge in [0.15, 0.2) is 0 Å². The minimum atomic E-state index is -10.7. The van der Waals surface area contributed by atoms with Gasteiger partial charge in [0.1, 0.15) is 0 Å². The summed E-state index contributed by atoms with van der Waals surface area (Å²) in [5, 5.41) is 9.59. The zero-order chi connectivity index (χ0) is 25.4. The van der Waals surface area contributed by atoms with Crippen LogP contribution in [0.4, 0.5) is 30.9 Å². The van der Waals surface area contributed by atoms with Crippen LogP contribution in [0.25, 0.3) is 15.1 Å². The summed E-state index contributed by atoms with van der Waals surface area (Å²) in [6, 6.07) is 8.02. The van der Waals surface area contributed by atoms with Crippen molar-refractivity contribution in [2.24, 2.45) is 0 Å². The van der Waals surface area contributed by atoms with E-state index in [0.29, 0.717) is 6.54 Å². The molecule has 3 heterocycles. The van der Waals surface area contributed by atoms with Gasteiger partial charge in [-0.25, -0.2) is 0 Å². The molecule has 0 aliphatic carbocycles. The summed E-state index contributed by atoms with van der Waals surface area (Å²) in [7, 11) is -9.00. The van der Waals surface area contributed by atoms with Crippen LogP contribution in [0.5, 0.6) is 11.5 Å². The zero-order valence-corrected chi connectivity index (χ0v) is 21.7. The molecule has 0 spiro atoms. The molecule has 1 N–H and O–H groups in total. The first-order valence-electron chi connectivity index (χ1n) is 10.2. The molecular formula is C20H24F6N3O3PTe. The number of β-amino-alcohol motifs (C(OH)–C–C–N with tert-alkyl or cyclic N) is 1. The van der Waals surface area contributed by atoms with Gasteiger partial charge < -0.3 is 0 Å². The molecule has 1 aliphatic rings. The summed E-state index contributed by atoms with van der Waals surface area (Å²) >= 11 is -0.267. The Morgan fingerprint density at radius 2 is 1.82 bits per heavy atom. The van der Waals surface area contributed by atoms with E-state index in [2.05, 4.69) is 39.2 Å². The van der Waals surface area contributed by atoms with Crippen molar-refractivity contribution in [3.63, 3.8) is 0 Å². The van der Waals surface area contributed by atoms with Crippen molar-refractivity contribution in [2.75, 3.05) is 25.2 Å². The number of aromatic nitrogens is 2. The first-order valence-corrected chi connectivity index (χ1v) is 14.7. The van der Waals surface area contributed by atoms with Crippen molar-refractivity contribution < 1.29 is 44.3 Å². The number of ether oxygens (including phenoxy) is 2. The molecule has 6 nitrogen and oxygen atoms in total. The maximum atomic E-state index is 9.87. The zero-order valence-electron chi connectivity index (χ0n) is 18.5. The summed E-state index contributed by atoms with van der Waals surface area (Å²) in [5.41, 5.74) is 2.26. The van der Waals surface area contributed by atoms with Gasteiger partial charge in [0.05, 0.1) is 0 Å². The summed E-state index contributed by atoms with van der Waals surface area (Å²) in [6.07, 6.45) is 2.11. The Morgan fingerprint density at radius 1 is 1.15 bits per heavy atom. The molecule has 190 valence electrons. The predicted octanol–water partition coefficient (Wildman–Crippen LogP) is 5.61. The molecule has 0 radical (unpaired) electrons. The number of hydrogen-bond donors (Lipinski definition) is 1. The Bertz CT molecular complexity index is 1180. The van der Waals surface area contributed by atoms with Gasteiger partial charge in [0.2, 0.25) is 0 Å². The molecule has 0 saturated carbocycles. The van der Waals surface area contributed by atoms with Crippen LogP contribution in [0, 0.1) is 0 Å². The third-order valence-corrected chi connectivity index (χ3v) is 7.50. The second-order valence-corrected chi connectivity index (χ2v) is 11.7. The summed E-state index contributed by atoms with van der Waals surface area (Å²) in [6.45, 7) is 6.72. The number of aliphatic hydroxyl groups excluding tert-OH is 1. The first kappa shape index (κ1) is 26.7. The van der Waals surface area contributed by atoms with Crippen LogP contribution in [-0.4, -0.2) is 50.4 Å². The van der Waals surface area contributed by atoms with Crippen LogP contribution in [0.2, 0.25) is 0 Å². The van der Waals surface area contributed by atoms with Crippen molar-refractivity contribution in [1.29, 1.82) is 0 Å². The minimum absolute atomic E-state index is 0.0472. The van der Waals surface area contributed by atoms with Crippen molar-refractivity contribution in [1.82, 2.24) is 4.57 Å². The molecule has 1 aliphatic heterocycles. The molecule has 0 bridgehead atoms. The Kier molecular flexibility index (Phi) is 7.01. The number of anilines is 1. The van der Waals surface area contributed by atoms with Gasteiger partial charge >= 0.3 is 202 Å². The van der Waals surface area contributed by atoms with E-state index in [9.17, 15) is 30.3 Å². The molecule has 0 amide bonds. The third-order valence-electron chi connectivity index (χ3n) is 4.86. The summed E-state index contributed by atoms with van der Waals surface area (Å²) in [5.74, 6) is 3.45. The number of imidazole rings is 1. The van der Waals surface area contributed by atoms with E-state index in [1.807, 2.05) is 23.1 Å². The number of methoxy groups -OCH3 is 1. The number of aryl methyl sites for hydroxylation is 2. The topological polar surface area (TPSA) is 50.7 Å². The Hall–Kier alpha value is -1.93. The van der Waals surface area contributed by atoms with Crippen LogP contribution in [-0.2, 0) is 13.1 Å². The van der Waals surface area contributed by atoms with E-state index in [0.717, 1.165) is 42.0 Å². The molecule has 1 aromatic carbocycles. The van der Waals surface area contributed by atoms with Gasteiger partial charge in [-0.1, -0.05) is 0 Å². The Morgan fingerprint density at radius 3 is 2.38 bits per heavy atom. The van der Waals surface area contributed by atoms with E-state index >= 15 is 0 Å². The molecule has 34 heavy (non-hydrogen) atoms. The number of benzene rings is 1. The Labute approximate surface area is 201 Å². The van der Waals surface area contributed by atoms with Crippen LogP contribution in [0.1, 0.15) is 19.7 Å². The number of fused-ring (bicyclic) bond motifs is 2. The fraction of sp³-hybridized carbons (Fsp3) is 0.350. The fourth-order valence-corrected chi connectivity index (χ4v) is 6.41. The fourth-order valence-electron chi connectivity index (χ4n) is 3.63. The van der Waals surface area contributed by atoms with Crippen LogP contribution in [0.15, 0.2) is 34.2 Å². The molecule has 2 aromatic heterocycles. The second kappa shape index (κ2) is 8.94. The quantitative estimate of drug-likeness (QED) is 0.167. The van der Waals surface area contributed by atoms with Gasteiger partial charge in [-0.2, -0.15) is 0 Å². The standard InChI is InChI=1S/C20H24N3O3Te.F6P/c1-4-21-15-8-11-27-20(15)22(5-2)18(21)13-19-23(9-10-24)16-12-14(25-3)6-7-17(16)26-19;1-7(2,3,4,5)6/h6-8,11-13,24H,4-5,9-10H2,1-3H3;/q+1;-1. The predicted molar refractivity (Wildman–Crippen MR) is 120 cm³/mol. The Balaban J connectivity index is 0.000000406. The van der Waals surface area contributed by atoms with Crippen molar-refractivity contribution in [2.45, 2.75) is 26.9 Å². The summed E-state index contributed by atoms with van der Waals surface area (Å²) in [4.78, 5) is 2.02. The number of aliphatic hydroxyl groups is 1. The van der Waals surface area contributed by atoms with E-state index < -0.39 is 7.81 Å². The van der Waals surface area contributed by atoms with Crippen molar-refractivity contribution >= 4 is 49.1 Å². The number of halogens is 6. The average molecular weight is 627 g/mol. The molecule has 0 atom stereocenters. The van der Waals surface area contributed by atoms with Gasteiger partial charge in [-0.15, -0.1) is 0 Å². The van der Waals surface area contributed by atoms with Gasteiger partial charge in [-0.3, -0.25) is 0 Å². The van der Waals surface area contributed by atoms with Crippen molar-refractivity contribution in [3.05, 3.63) is 40.1 Å². The SMILES string of the molecule is CCn1c(C=C2Oc3ccc(OC)cc3N2CCO)[n+](CC)c2[te]ccc21.F[P-](F)(F)(F)(F)F. The molecule has 3 aromatic rings. The number of nitrogens with zero attached hydrogens (tertiary/aromatic N) is 3. The second-order valence-electron chi connectivity index (χ2n) is 7.21. The average Bonchev–Trinajstić information content (AvgIpc) is 3.39. The van der Waals surface area contributed by atoms with Gasteiger partial charge in [0, 0.05) is 0 Å². The molecule has 0 fully saturated rings. The van der Waals surface area contributed by atoms with Gasteiger partial charge in [0.25, 0.3) is 0 Å². The van der Waals surface area contributed by atoms with E-state index in [-0.39, 0.29) is 27.0 Å². The maximum absolute atomic E-state index is 10.7.